The van der Waals surface area contributed by atoms with Crippen molar-refractivity contribution in [2.75, 3.05) is 5.32 Å². The van der Waals surface area contributed by atoms with Crippen LogP contribution in [0.5, 0.6) is 0 Å². The summed E-state index contributed by atoms with van der Waals surface area (Å²) in [5.41, 5.74) is 13.2. The molecule has 0 saturated heterocycles. The molecule has 43 heavy (non-hydrogen) atoms. The van der Waals surface area contributed by atoms with Crippen molar-refractivity contribution in [2.24, 2.45) is 5.92 Å². The predicted molar refractivity (Wildman–Crippen MR) is 183 cm³/mol. The highest BCUT2D eigenvalue weighted by atomic mass is 15.0. The summed E-state index contributed by atoms with van der Waals surface area (Å²) in [5, 5.41) is 6.34. The second kappa shape index (κ2) is 9.47. The zero-order valence-corrected chi connectivity index (χ0v) is 25.5. The molecule has 0 aliphatic heterocycles. The van der Waals surface area contributed by atoms with Gasteiger partial charge in [-0.3, -0.25) is 0 Å². The monoisotopic (exact) mass is 558 g/mol. The van der Waals surface area contributed by atoms with Crippen LogP contribution in [-0.2, 0) is 10.8 Å². The zero-order chi connectivity index (χ0) is 29.3. The highest BCUT2D eigenvalue weighted by Crippen LogP contribution is 2.52. The number of hydrogen-bond donors (Lipinski definition) is 1. The van der Waals surface area contributed by atoms with Gasteiger partial charge in [0.1, 0.15) is 0 Å². The molecule has 3 aliphatic rings. The first-order chi connectivity index (χ1) is 20.8. The molecule has 1 N–H and O–H groups in total. The minimum absolute atomic E-state index is 0.0597. The Morgan fingerprint density at radius 2 is 1.58 bits per heavy atom. The van der Waals surface area contributed by atoms with Crippen LogP contribution >= 0.6 is 0 Å². The van der Waals surface area contributed by atoms with Gasteiger partial charge in [-0.1, -0.05) is 101 Å². The average Bonchev–Trinajstić information content (AvgIpc) is 3.48. The van der Waals surface area contributed by atoms with Crippen molar-refractivity contribution in [1.82, 2.24) is 4.57 Å². The molecule has 5 aromatic rings. The van der Waals surface area contributed by atoms with Crippen LogP contribution in [0.2, 0.25) is 0 Å². The van der Waals surface area contributed by atoms with Crippen LogP contribution in [0.15, 0.2) is 133 Å². The maximum atomic E-state index is 3.74. The van der Waals surface area contributed by atoms with Crippen molar-refractivity contribution < 1.29 is 0 Å². The van der Waals surface area contributed by atoms with Gasteiger partial charge in [-0.2, -0.15) is 0 Å². The first-order valence-electron chi connectivity index (χ1n) is 15.7. The zero-order valence-electron chi connectivity index (χ0n) is 25.5. The number of para-hydroxylation sites is 2. The van der Waals surface area contributed by atoms with Crippen molar-refractivity contribution in [3.8, 4) is 5.69 Å². The Hall–Kier alpha value is -4.56. The van der Waals surface area contributed by atoms with Gasteiger partial charge in [0.25, 0.3) is 0 Å². The Balaban J connectivity index is 1.08. The minimum Gasteiger partial charge on any atom is -0.356 e. The van der Waals surface area contributed by atoms with Gasteiger partial charge in [0.05, 0.1) is 11.0 Å². The molecular formula is C41H38N2. The Morgan fingerprint density at radius 1 is 0.791 bits per heavy atom. The van der Waals surface area contributed by atoms with E-state index in [2.05, 4.69) is 159 Å². The lowest BCUT2D eigenvalue weighted by Gasteiger charge is -2.30. The lowest BCUT2D eigenvalue weighted by atomic mass is 9.74. The van der Waals surface area contributed by atoms with Gasteiger partial charge >= 0.3 is 0 Å². The van der Waals surface area contributed by atoms with E-state index in [1.807, 2.05) is 0 Å². The predicted octanol–water partition coefficient (Wildman–Crippen LogP) is 10.6. The van der Waals surface area contributed by atoms with Crippen LogP contribution in [0.4, 0.5) is 5.69 Å². The quantitative estimate of drug-likeness (QED) is 0.232. The third kappa shape index (κ3) is 4.00. The molecule has 0 fully saturated rings. The third-order valence-corrected chi connectivity index (χ3v) is 10.2. The fourth-order valence-electron chi connectivity index (χ4n) is 7.96. The number of allylic oxidation sites excluding steroid dienone is 7. The summed E-state index contributed by atoms with van der Waals surface area (Å²) >= 11 is 0. The largest absolute Gasteiger partial charge is 0.356 e. The number of hydrogen-bond acceptors (Lipinski definition) is 1. The van der Waals surface area contributed by atoms with Crippen LogP contribution in [-0.4, -0.2) is 4.57 Å². The SMILES string of the molecule is CC1CC=CC2=C1C(C)(C)c1cc(NC3=CCC(C)(c4ccc5c(c4)c4ccccc4n5-c4ccccc4)C=C3)ccc12. The first kappa shape index (κ1) is 26.1. The molecule has 2 heteroatoms. The number of rotatable bonds is 4. The summed E-state index contributed by atoms with van der Waals surface area (Å²) in [7, 11) is 0. The third-order valence-electron chi connectivity index (χ3n) is 10.2. The van der Waals surface area contributed by atoms with Gasteiger partial charge < -0.3 is 9.88 Å². The number of fused-ring (bicyclic) bond motifs is 5. The van der Waals surface area contributed by atoms with Crippen LogP contribution < -0.4 is 5.32 Å². The second-order valence-electron chi connectivity index (χ2n) is 13.4. The van der Waals surface area contributed by atoms with Gasteiger partial charge in [0.2, 0.25) is 0 Å². The second-order valence-corrected chi connectivity index (χ2v) is 13.4. The van der Waals surface area contributed by atoms with Crippen LogP contribution in [0.1, 0.15) is 57.2 Å². The van der Waals surface area contributed by atoms with Crippen molar-refractivity contribution in [3.63, 3.8) is 0 Å². The first-order valence-corrected chi connectivity index (χ1v) is 15.7. The van der Waals surface area contributed by atoms with Crippen LogP contribution in [0.3, 0.4) is 0 Å². The highest BCUT2D eigenvalue weighted by molar-refractivity contribution is 6.09. The van der Waals surface area contributed by atoms with E-state index in [0.29, 0.717) is 5.92 Å². The Bertz CT molecular complexity index is 2050. The smallest absolute Gasteiger partial charge is 0.0541 e. The topological polar surface area (TPSA) is 17.0 Å². The number of nitrogens with zero attached hydrogens (tertiary/aromatic N) is 1. The number of nitrogens with one attached hydrogen (secondary N) is 1. The summed E-state index contributed by atoms with van der Waals surface area (Å²) in [4.78, 5) is 0. The van der Waals surface area contributed by atoms with Crippen LogP contribution in [0, 0.1) is 5.92 Å². The van der Waals surface area contributed by atoms with Crippen molar-refractivity contribution in [3.05, 3.63) is 149 Å². The Kier molecular flexibility index (Phi) is 5.75. The molecule has 0 spiro atoms. The average molecular weight is 559 g/mol. The van der Waals surface area contributed by atoms with E-state index >= 15 is 0 Å². The number of aromatic nitrogens is 1. The summed E-state index contributed by atoms with van der Waals surface area (Å²) in [5.74, 6) is 0.592. The summed E-state index contributed by atoms with van der Waals surface area (Å²) < 4.78 is 2.39. The van der Waals surface area contributed by atoms with E-state index in [0.717, 1.165) is 18.5 Å². The van der Waals surface area contributed by atoms with E-state index in [9.17, 15) is 0 Å². The fourth-order valence-corrected chi connectivity index (χ4v) is 7.96. The van der Waals surface area contributed by atoms with Gasteiger partial charge in [-0.05, 0) is 95.1 Å². The molecule has 2 nitrogen and oxygen atoms in total. The molecule has 0 radical (unpaired) electrons. The lowest BCUT2D eigenvalue weighted by molar-refractivity contribution is 0.530. The summed E-state index contributed by atoms with van der Waals surface area (Å²) in [6.45, 7) is 9.52. The molecule has 2 unspecified atom stereocenters. The molecule has 2 atom stereocenters. The molecule has 1 aromatic heterocycles. The Labute approximate surface area is 254 Å². The standard InChI is InChI=1S/C41H38N2/c1-27-11-10-15-34-32-19-18-30(26-36(32)40(2,3)39(27)34)42-29-21-23-41(4,24-22-29)28-17-20-38-35(25-28)33-14-8-9-16-37(33)43(38)31-12-6-5-7-13-31/h5-10,12-23,25-27,42H,11,24H2,1-4H3. The maximum Gasteiger partial charge on any atom is 0.0541 e. The van der Waals surface area contributed by atoms with E-state index in [-0.39, 0.29) is 10.8 Å². The molecule has 4 aromatic carbocycles. The maximum absolute atomic E-state index is 3.74. The fraction of sp³-hybridized carbons (Fsp3) is 0.220. The van der Waals surface area contributed by atoms with Crippen molar-refractivity contribution >= 4 is 33.1 Å². The van der Waals surface area contributed by atoms with E-state index in [1.165, 1.54) is 55.5 Å². The normalized spacial score (nSPS) is 22.1. The van der Waals surface area contributed by atoms with Gasteiger partial charge in [0, 0.05) is 38.7 Å². The molecule has 0 bridgehead atoms. The minimum atomic E-state index is -0.0688. The van der Waals surface area contributed by atoms with E-state index in [1.54, 1.807) is 5.57 Å². The molecule has 0 saturated carbocycles. The lowest BCUT2D eigenvalue weighted by Crippen LogP contribution is -2.22. The number of anilines is 1. The molecule has 3 aliphatic carbocycles. The highest BCUT2D eigenvalue weighted by Gasteiger charge is 2.40. The molecular weight excluding hydrogens is 520 g/mol. The van der Waals surface area contributed by atoms with Crippen molar-refractivity contribution in [1.29, 1.82) is 0 Å². The van der Waals surface area contributed by atoms with Crippen molar-refractivity contribution in [2.45, 2.75) is 51.4 Å². The van der Waals surface area contributed by atoms with Gasteiger partial charge in [0.15, 0.2) is 0 Å². The van der Waals surface area contributed by atoms with E-state index in [4.69, 9.17) is 0 Å². The van der Waals surface area contributed by atoms with Gasteiger partial charge in [-0.15, -0.1) is 0 Å². The molecule has 8 rings (SSSR count). The van der Waals surface area contributed by atoms with Crippen LogP contribution in [0.25, 0.3) is 33.1 Å². The molecule has 1 heterocycles. The van der Waals surface area contributed by atoms with E-state index < -0.39 is 0 Å². The number of benzene rings is 4. The summed E-state index contributed by atoms with van der Waals surface area (Å²) in [6.07, 6.45) is 13.8. The summed E-state index contributed by atoms with van der Waals surface area (Å²) in [6, 6.07) is 33.4. The molecule has 0 amide bonds. The molecule has 212 valence electrons. The van der Waals surface area contributed by atoms with Gasteiger partial charge in [-0.25, -0.2) is 0 Å². The Morgan fingerprint density at radius 3 is 2.40 bits per heavy atom.